The van der Waals surface area contributed by atoms with Crippen LogP contribution in [0.4, 0.5) is 8.78 Å². The van der Waals surface area contributed by atoms with Crippen LogP contribution in [0.2, 0.25) is 0 Å². The molecule has 5 nitrogen and oxygen atoms in total. The second-order valence-electron chi connectivity index (χ2n) is 8.55. The number of rotatable bonds is 10. The van der Waals surface area contributed by atoms with Crippen molar-refractivity contribution in [1.82, 2.24) is 4.98 Å². The summed E-state index contributed by atoms with van der Waals surface area (Å²) in [5, 5.41) is 21.3. The highest BCUT2D eigenvalue weighted by Gasteiger charge is 2.32. The molecular formula is C28H27F2NO4. The number of H-pyrrole nitrogens is 1. The summed E-state index contributed by atoms with van der Waals surface area (Å²) in [6.45, 7) is -0.728. The maximum Gasteiger partial charge on any atom is 0.306 e. The highest BCUT2D eigenvalue weighted by molar-refractivity contribution is 5.87. The van der Waals surface area contributed by atoms with Gasteiger partial charge in [0, 0.05) is 17.0 Å². The van der Waals surface area contributed by atoms with Crippen molar-refractivity contribution in [1.29, 1.82) is 0 Å². The van der Waals surface area contributed by atoms with Crippen LogP contribution in [0.3, 0.4) is 0 Å². The predicted molar refractivity (Wildman–Crippen MR) is 131 cm³/mol. The van der Waals surface area contributed by atoms with E-state index in [9.17, 15) is 23.8 Å². The van der Waals surface area contributed by atoms with Gasteiger partial charge in [-0.3, -0.25) is 4.79 Å². The number of ether oxygens (including phenoxy) is 1. The van der Waals surface area contributed by atoms with E-state index in [1.165, 1.54) is 24.3 Å². The average Bonchev–Trinajstić information content (AvgIpc) is 2.87. The quantitative estimate of drug-likeness (QED) is 0.249. The number of alkyl halides is 2. The van der Waals surface area contributed by atoms with E-state index in [0.717, 1.165) is 24.8 Å². The smallest absolute Gasteiger partial charge is 0.306 e. The lowest BCUT2D eigenvalue weighted by molar-refractivity contribution is -0.0467. The van der Waals surface area contributed by atoms with Gasteiger partial charge in [0.1, 0.15) is 11.5 Å². The Balaban J connectivity index is 1.26. The summed E-state index contributed by atoms with van der Waals surface area (Å²) in [6.07, 6.45) is 2.15. The predicted octanol–water partition coefficient (Wildman–Crippen LogP) is 5.85. The number of aromatic nitrogens is 1. The first-order chi connectivity index (χ1) is 16.8. The van der Waals surface area contributed by atoms with Crippen molar-refractivity contribution in [2.24, 2.45) is 0 Å². The summed E-state index contributed by atoms with van der Waals surface area (Å²) in [6, 6.07) is 20.8. The van der Waals surface area contributed by atoms with Gasteiger partial charge in [-0.05, 0) is 54.7 Å². The highest BCUT2D eigenvalue weighted by Crippen LogP contribution is 2.31. The summed E-state index contributed by atoms with van der Waals surface area (Å²) in [5.41, 5.74) is 1.63. The van der Waals surface area contributed by atoms with Crippen LogP contribution in [-0.4, -0.2) is 21.8 Å². The van der Waals surface area contributed by atoms with E-state index in [-0.39, 0.29) is 16.9 Å². The standard InChI is InChI=1S/C28H27F2NO4/c29-28(30,20-7-2-1-3-8-20)18-35-21-12-10-19(11-13-21)6-4-5-9-24(32)22-14-16-25(33)27-23(22)15-17-26(34)31-27/h1-3,7-8,10-17,24,32-33H,4-6,9,18H2,(H,31,34). The second-order valence-corrected chi connectivity index (χ2v) is 8.55. The largest absolute Gasteiger partial charge is 0.506 e. The van der Waals surface area contributed by atoms with Crippen LogP contribution in [0.5, 0.6) is 11.5 Å². The molecule has 0 amide bonds. The molecule has 3 N–H and O–H groups in total. The third-order valence-corrected chi connectivity index (χ3v) is 6.00. The van der Waals surface area contributed by atoms with E-state index in [1.54, 1.807) is 42.5 Å². The fourth-order valence-electron chi connectivity index (χ4n) is 4.06. The molecule has 7 heteroatoms. The van der Waals surface area contributed by atoms with Crippen molar-refractivity contribution in [3.05, 3.63) is 106 Å². The Morgan fingerprint density at radius 3 is 2.40 bits per heavy atom. The number of aliphatic hydroxyl groups excluding tert-OH is 1. The summed E-state index contributed by atoms with van der Waals surface area (Å²) in [5.74, 6) is -2.72. The molecule has 0 radical (unpaired) electrons. The first kappa shape index (κ1) is 24.4. The molecule has 1 heterocycles. The zero-order chi connectivity index (χ0) is 24.8. The summed E-state index contributed by atoms with van der Waals surface area (Å²) >= 11 is 0. The van der Waals surface area contributed by atoms with E-state index >= 15 is 0 Å². The van der Waals surface area contributed by atoms with Gasteiger partial charge in [-0.1, -0.05) is 55.0 Å². The van der Waals surface area contributed by atoms with Crippen molar-refractivity contribution in [3.8, 4) is 11.5 Å². The molecule has 0 aliphatic heterocycles. The van der Waals surface area contributed by atoms with Crippen molar-refractivity contribution in [3.63, 3.8) is 0 Å². The SMILES string of the molecule is O=c1ccc2c(C(O)CCCCc3ccc(OCC(F)(F)c4ccccc4)cc3)ccc(O)c2[nH]1. The number of aliphatic hydroxyl groups is 1. The zero-order valence-corrected chi connectivity index (χ0v) is 19.1. The van der Waals surface area contributed by atoms with E-state index in [0.29, 0.717) is 28.6 Å². The number of aromatic amines is 1. The minimum atomic E-state index is -3.07. The average molecular weight is 480 g/mol. The molecule has 3 aromatic carbocycles. The molecular weight excluding hydrogens is 452 g/mol. The first-order valence-electron chi connectivity index (χ1n) is 11.5. The van der Waals surface area contributed by atoms with Crippen molar-refractivity contribution in [2.75, 3.05) is 6.61 Å². The van der Waals surface area contributed by atoms with Gasteiger partial charge in [0.15, 0.2) is 6.61 Å². The Bertz CT molecular complexity index is 1320. The number of phenolic OH excluding ortho intramolecular Hbond substituents is 1. The maximum atomic E-state index is 14.3. The summed E-state index contributed by atoms with van der Waals surface area (Å²) < 4.78 is 33.8. The third kappa shape index (κ3) is 6.05. The highest BCUT2D eigenvalue weighted by atomic mass is 19.3. The monoisotopic (exact) mass is 479 g/mol. The fraction of sp³-hybridized carbons (Fsp3) is 0.250. The van der Waals surface area contributed by atoms with Gasteiger partial charge >= 0.3 is 5.92 Å². The van der Waals surface area contributed by atoms with Gasteiger partial charge in [-0.15, -0.1) is 0 Å². The maximum absolute atomic E-state index is 14.3. The molecule has 1 unspecified atom stereocenters. The molecule has 0 aliphatic rings. The Morgan fingerprint density at radius 1 is 0.914 bits per heavy atom. The lowest BCUT2D eigenvalue weighted by Crippen LogP contribution is -2.23. The van der Waals surface area contributed by atoms with Crippen LogP contribution < -0.4 is 10.3 Å². The van der Waals surface area contributed by atoms with Crippen LogP contribution in [-0.2, 0) is 12.3 Å². The van der Waals surface area contributed by atoms with Gasteiger partial charge < -0.3 is 19.9 Å². The number of halogens is 2. The molecule has 0 saturated carbocycles. The minimum Gasteiger partial charge on any atom is -0.506 e. The van der Waals surface area contributed by atoms with Gasteiger partial charge in [0.2, 0.25) is 5.56 Å². The van der Waals surface area contributed by atoms with Gasteiger partial charge in [0.05, 0.1) is 11.6 Å². The van der Waals surface area contributed by atoms with E-state index in [2.05, 4.69) is 4.98 Å². The number of aryl methyl sites for hydroxylation is 1. The third-order valence-electron chi connectivity index (χ3n) is 6.00. The molecule has 1 aromatic heterocycles. The van der Waals surface area contributed by atoms with Crippen molar-refractivity contribution in [2.45, 2.75) is 37.7 Å². The number of unbranched alkanes of at least 4 members (excludes halogenated alkanes) is 1. The lowest BCUT2D eigenvalue weighted by atomic mass is 9.97. The summed E-state index contributed by atoms with van der Waals surface area (Å²) in [7, 11) is 0. The van der Waals surface area contributed by atoms with Crippen LogP contribution in [0.1, 0.15) is 42.1 Å². The Labute approximate surface area is 201 Å². The molecule has 0 bridgehead atoms. The molecule has 1 atom stereocenters. The number of phenols is 1. The van der Waals surface area contributed by atoms with Crippen LogP contribution in [0.25, 0.3) is 10.9 Å². The molecule has 0 aliphatic carbocycles. The fourth-order valence-corrected chi connectivity index (χ4v) is 4.06. The van der Waals surface area contributed by atoms with E-state index in [1.807, 2.05) is 12.1 Å². The number of nitrogens with one attached hydrogen (secondary N) is 1. The van der Waals surface area contributed by atoms with Crippen LogP contribution in [0.15, 0.2) is 83.7 Å². The number of fused-ring (bicyclic) bond motifs is 1. The molecule has 0 fully saturated rings. The molecule has 4 aromatic rings. The molecule has 182 valence electrons. The Morgan fingerprint density at radius 2 is 1.66 bits per heavy atom. The zero-order valence-electron chi connectivity index (χ0n) is 19.1. The molecule has 4 rings (SSSR count). The summed E-state index contributed by atoms with van der Waals surface area (Å²) in [4.78, 5) is 14.2. The number of aromatic hydroxyl groups is 1. The topological polar surface area (TPSA) is 82.6 Å². The molecule has 0 spiro atoms. The van der Waals surface area contributed by atoms with Gasteiger partial charge in [-0.25, -0.2) is 0 Å². The number of hydrogen-bond donors (Lipinski definition) is 3. The first-order valence-corrected chi connectivity index (χ1v) is 11.5. The molecule has 0 saturated heterocycles. The minimum absolute atomic E-state index is 0.0372. The normalized spacial score (nSPS) is 12.5. The van der Waals surface area contributed by atoms with E-state index < -0.39 is 18.6 Å². The Hall–Kier alpha value is -3.71. The number of benzene rings is 3. The Kier molecular flexibility index (Phi) is 7.46. The second kappa shape index (κ2) is 10.7. The van der Waals surface area contributed by atoms with Gasteiger partial charge in [0.25, 0.3) is 0 Å². The van der Waals surface area contributed by atoms with Crippen molar-refractivity contribution >= 4 is 10.9 Å². The van der Waals surface area contributed by atoms with Crippen molar-refractivity contribution < 1.29 is 23.7 Å². The lowest BCUT2D eigenvalue weighted by Gasteiger charge is -2.17. The molecule has 35 heavy (non-hydrogen) atoms. The van der Waals surface area contributed by atoms with Crippen LogP contribution in [0, 0.1) is 0 Å². The number of hydrogen-bond acceptors (Lipinski definition) is 4. The van der Waals surface area contributed by atoms with Gasteiger partial charge in [-0.2, -0.15) is 8.78 Å². The van der Waals surface area contributed by atoms with E-state index in [4.69, 9.17) is 4.74 Å². The number of pyridine rings is 1. The van der Waals surface area contributed by atoms with Crippen LogP contribution >= 0.6 is 0 Å².